The molecule has 25 heteroatoms. The van der Waals surface area contributed by atoms with Crippen molar-refractivity contribution >= 4 is 45.5 Å². The Hall–Kier alpha value is -11.7. The fraction of sp³-hybridized carbons (Fsp3) is 0.284. The molecule has 0 saturated heterocycles. The number of rotatable bonds is 19. The Balaban J connectivity index is 0.000000126. The first kappa shape index (κ1) is 72.6. The summed E-state index contributed by atoms with van der Waals surface area (Å²) < 4.78 is 28.8. The lowest BCUT2D eigenvalue weighted by atomic mass is 9.98. The van der Waals surface area contributed by atoms with E-state index in [1.165, 1.54) is 0 Å². The summed E-state index contributed by atoms with van der Waals surface area (Å²) in [6, 6.07) is 56.2. The Kier molecular flexibility index (Phi) is 24.1. The Morgan fingerprint density at radius 2 is 0.896 bits per heavy atom. The first-order valence-corrected chi connectivity index (χ1v) is 36.4. The third-order valence-electron chi connectivity index (χ3n) is 18.9. The van der Waals surface area contributed by atoms with Gasteiger partial charge in [0.25, 0.3) is 17.7 Å². The van der Waals surface area contributed by atoms with Crippen LogP contribution < -0.4 is 18.9 Å². The monoisotopic (exact) mass is 1490 g/mol. The molecule has 5 aliphatic heterocycles. The summed E-state index contributed by atoms with van der Waals surface area (Å²) in [7, 11) is 0. The lowest BCUT2D eigenvalue weighted by Crippen LogP contribution is -2.45. The van der Waals surface area contributed by atoms with Crippen molar-refractivity contribution < 1.29 is 52.8 Å². The van der Waals surface area contributed by atoms with Crippen LogP contribution in [0.5, 0.6) is 23.0 Å². The Morgan fingerprint density at radius 3 is 1.33 bits per heavy atom. The molecule has 1 unspecified atom stereocenters. The second-order valence-corrected chi connectivity index (χ2v) is 26.9. The van der Waals surface area contributed by atoms with Crippen LogP contribution in [-0.2, 0) is 87.0 Å². The number of aromatic nitrogens is 9. The van der Waals surface area contributed by atoms with Crippen molar-refractivity contribution in [2.24, 2.45) is 0 Å². The highest BCUT2D eigenvalue weighted by atomic mass is 79.9. The van der Waals surface area contributed by atoms with Crippen LogP contribution in [-0.4, -0.2) is 165 Å². The van der Waals surface area contributed by atoms with Crippen molar-refractivity contribution in [2.45, 2.75) is 90.6 Å². The fourth-order valence-electron chi connectivity index (χ4n) is 13.3. The molecule has 4 amide bonds. The number of aromatic amines is 4. The molecule has 0 bridgehead atoms. The summed E-state index contributed by atoms with van der Waals surface area (Å²) in [6.45, 7) is 7.26. The van der Waals surface area contributed by atoms with E-state index in [1.54, 1.807) is 53.7 Å². The van der Waals surface area contributed by atoms with Gasteiger partial charge in [0.05, 0.1) is 29.0 Å². The van der Waals surface area contributed by atoms with Crippen LogP contribution in [0.3, 0.4) is 0 Å². The van der Waals surface area contributed by atoms with Crippen molar-refractivity contribution in [3.05, 3.63) is 243 Å². The number of amides is 4. The lowest BCUT2D eigenvalue weighted by Gasteiger charge is -2.33. The van der Waals surface area contributed by atoms with Crippen molar-refractivity contribution in [3.63, 3.8) is 0 Å². The van der Waals surface area contributed by atoms with Gasteiger partial charge in [-0.05, 0) is 67.3 Å². The minimum Gasteiger partial charge on any atom is -0.484 e. The molecular weight excluding hydrogens is 1410 g/mol. The maximum Gasteiger partial charge on any atom is 0.341 e. The predicted octanol–water partition coefficient (Wildman–Crippen LogP) is 11.8. The molecule has 11 aromatic rings. The first-order valence-electron chi connectivity index (χ1n) is 35.6. The molecule has 10 heterocycles. The number of aliphatic carboxylic acids is 1. The molecule has 106 heavy (non-hydrogen) atoms. The molecule has 24 nitrogen and oxygen atoms in total. The van der Waals surface area contributed by atoms with E-state index >= 15 is 0 Å². The lowest BCUT2D eigenvalue weighted by molar-refractivity contribution is -0.140. The molecule has 544 valence electrons. The highest BCUT2D eigenvalue weighted by molar-refractivity contribution is 9.10. The number of carbonyl (C=O) groups excluding carboxylic acids is 4. The van der Waals surface area contributed by atoms with Gasteiger partial charge in [-0.15, -0.1) is 0 Å². The molecule has 0 spiro atoms. The quantitative estimate of drug-likeness (QED) is 0.0470. The molecule has 0 saturated carbocycles. The number of carboxylic acids is 1. The molecule has 0 aliphatic carbocycles. The minimum absolute atomic E-state index is 0.0134. The number of benzene rings is 6. The van der Waals surface area contributed by atoms with Gasteiger partial charge in [0.2, 0.25) is 5.91 Å². The topological polar surface area (TPSA) is 292 Å². The molecule has 0 radical (unpaired) electrons. The number of H-pyrrole nitrogens is 4. The number of carboxylic acid groups (broad SMARTS) is 1. The third-order valence-corrected chi connectivity index (χ3v) is 19.4. The van der Waals surface area contributed by atoms with Crippen molar-refractivity contribution in [1.82, 2.24) is 65.4 Å². The number of unbranched alkanes of at least 4 members (excludes halogenated alkanes) is 1. The third kappa shape index (κ3) is 18.3. The van der Waals surface area contributed by atoms with Crippen LogP contribution in [0.2, 0.25) is 0 Å². The molecule has 5 aromatic heterocycles. The van der Waals surface area contributed by atoms with E-state index < -0.39 is 18.7 Å². The Morgan fingerprint density at radius 1 is 0.481 bits per heavy atom. The molecule has 0 fully saturated rings. The molecule has 5 N–H and O–H groups in total. The molecule has 1 atom stereocenters. The minimum atomic E-state index is -1.06. The largest absolute Gasteiger partial charge is 0.484 e. The number of halogens is 1. The molecule has 6 aromatic carbocycles. The maximum absolute atomic E-state index is 13.2. The van der Waals surface area contributed by atoms with Crippen LogP contribution in [0.15, 0.2) is 193 Å². The fourth-order valence-corrected chi connectivity index (χ4v) is 13.7. The summed E-state index contributed by atoms with van der Waals surface area (Å²) in [6.07, 6.45) is 9.58. The maximum atomic E-state index is 13.2. The normalized spacial score (nSPS) is 14.6. The predicted molar refractivity (Wildman–Crippen MR) is 400 cm³/mol. The van der Waals surface area contributed by atoms with E-state index in [0.29, 0.717) is 82.5 Å². The van der Waals surface area contributed by atoms with Crippen LogP contribution >= 0.6 is 15.9 Å². The second-order valence-electron chi connectivity index (χ2n) is 26.0. The van der Waals surface area contributed by atoms with Gasteiger partial charge in [0.1, 0.15) is 29.6 Å². The number of hydrogen-bond donors (Lipinski definition) is 5. The van der Waals surface area contributed by atoms with E-state index in [-0.39, 0.29) is 43.4 Å². The molecule has 16 rings (SSSR count). The average molecular weight is 1490 g/mol. The smallest absolute Gasteiger partial charge is 0.341 e. The zero-order valence-electron chi connectivity index (χ0n) is 58.8. The van der Waals surface area contributed by atoms with E-state index in [9.17, 15) is 24.0 Å². The highest BCUT2D eigenvalue weighted by Crippen LogP contribution is 2.35. The molecule has 5 aliphatic rings. The van der Waals surface area contributed by atoms with E-state index in [1.807, 2.05) is 136 Å². The summed E-state index contributed by atoms with van der Waals surface area (Å²) >= 11 is 3.49. The van der Waals surface area contributed by atoms with Crippen LogP contribution in [0, 0.1) is 0 Å². The number of carbonyl (C=O) groups is 5. The van der Waals surface area contributed by atoms with Crippen molar-refractivity contribution in [2.75, 3.05) is 59.2 Å². The van der Waals surface area contributed by atoms with Gasteiger partial charge >= 0.3 is 5.97 Å². The van der Waals surface area contributed by atoms with Crippen LogP contribution in [0.25, 0.3) is 45.0 Å². The summed E-state index contributed by atoms with van der Waals surface area (Å²) in [4.78, 5) is 72.7. The van der Waals surface area contributed by atoms with Gasteiger partial charge in [-0.1, -0.05) is 157 Å². The van der Waals surface area contributed by atoms with Crippen LogP contribution in [0.1, 0.15) is 76.8 Å². The Labute approximate surface area is 621 Å². The van der Waals surface area contributed by atoms with Crippen molar-refractivity contribution in [1.29, 1.82) is 0 Å². The van der Waals surface area contributed by atoms with Crippen molar-refractivity contribution in [3.8, 4) is 68.0 Å². The van der Waals surface area contributed by atoms with Gasteiger partial charge in [-0.25, -0.2) is 4.79 Å². The number of fused-ring (bicyclic) bond motifs is 5. The standard InChI is InChI=1S/C22H20BrN3O2.C22H21N3O5.C19H18N4O2.C18H23N3O2/c23-16-7-9-19-15(12-16)6-8-20(28-19)22(27)26-11-10-18-17(13-26)21(25-24-18)14-4-2-1-3-5-14;26-20(13-29-16-7-4-8-17(11-16)30-14-21(27)28)25-10-9-19-18(12-25)22(24-23-19)15-5-2-1-3-6-15;24-18(13-25-15-7-4-9-20-11-15)23-10-8-17-16(12-23)19(22-21-17)14-5-2-1-3-6-14;1-2-3-11-23-13-17(22)21-10-9-16-15(12-21)18(20-19-16)14-7-5-4-6-8-14/h1-5,7,9,12,20H,6,8,10-11,13H2,(H,24,25);1-8,11H,9-10,12-14H2,(H,23,24)(H,27,28);1-7,9,11H,8,10,12-13H2,(H,21,22);4-8H,2-3,9-13H2,1H3,(H,19,20). The van der Waals surface area contributed by atoms with Crippen LogP contribution in [0.4, 0.5) is 0 Å². The van der Waals surface area contributed by atoms with E-state index in [4.69, 9.17) is 28.8 Å². The number of hydrogen-bond acceptors (Lipinski definition) is 15. The Bertz CT molecular complexity index is 4790. The SMILES string of the molecule is CCCCOCC(=O)N1CCc2[nH]nc(-c3ccccc3)c2C1.O=C(C1CCc2cc(Br)ccc2O1)N1CCc2[nH]nc(-c3ccccc3)c2C1.O=C(COc1cccnc1)N1CCc2[nH]nc(-c3ccccc3)c2C1.O=C(O)COc1cccc(OCC(=O)N2CCc3[nH]nc(-c4ccccc4)c3C2)c1. The summed E-state index contributed by atoms with van der Waals surface area (Å²) in [5, 5.41) is 39.1. The van der Waals surface area contributed by atoms with Gasteiger partial charge in [-0.3, -0.25) is 44.6 Å². The summed E-state index contributed by atoms with van der Waals surface area (Å²) in [5.41, 5.74) is 17.8. The van der Waals surface area contributed by atoms with Gasteiger partial charge in [0.15, 0.2) is 25.9 Å². The zero-order valence-corrected chi connectivity index (χ0v) is 60.3. The van der Waals surface area contributed by atoms with Gasteiger partial charge < -0.3 is 48.4 Å². The van der Waals surface area contributed by atoms with Gasteiger partial charge in [-0.2, -0.15) is 20.4 Å². The number of ether oxygens (including phenoxy) is 5. The van der Waals surface area contributed by atoms with E-state index in [0.717, 1.165) is 151 Å². The number of aryl methyl sites for hydroxylation is 1. The first-order chi connectivity index (χ1) is 51.9. The average Bonchev–Trinajstić information content (AvgIpc) is 1.61. The molecular formula is C81H82BrN13O11. The highest BCUT2D eigenvalue weighted by Gasteiger charge is 2.35. The zero-order chi connectivity index (χ0) is 73.1. The summed E-state index contributed by atoms with van der Waals surface area (Å²) in [5.74, 6) is 1.14. The number of nitrogens with one attached hydrogen (secondary N) is 4. The van der Waals surface area contributed by atoms with E-state index in [2.05, 4.69) is 86.8 Å². The number of pyridine rings is 1. The second kappa shape index (κ2) is 35.2. The number of nitrogens with zero attached hydrogens (tertiary/aromatic N) is 9. The van der Waals surface area contributed by atoms with Gasteiger partial charge in [0, 0.05) is 169 Å².